The number of amides is 3. The molecule has 44 heavy (non-hydrogen) atoms. The number of fused-ring (bicyclic) bond motifs is 1. The Morgan fingerprint density at radius 2 is 1.73 bits per heavy atom. The Bertz CT molecular complexity index is 1730. The number of nitrogens with zero attached hydrogens (tertiary/aromatic N) is 3. The summed E-state index contributed by atoms with van der Waals surface area (Å²) in [7, 11) is 0. The van der Waals surface area contributed by atoms with Crippen LogP contribution in [0.3, 0.4) is 0 Å². The summed E-state index contributed by atoms with van der Waals surface area (Å²) in [6.07, 6.45) is -3.16. The molecule has 0 saturated carbocycles. The van der Waals surface area contributed by atoms with Crippen molar-refractivity contribution in [2.45, 2.75) is 36.2 Å². The molecule has 1 aliphatic heterocycles. The number of alkyl halides is 4. The zero-order valence-corrected chi connectivity index (χ0v) is 25.1. The average molecular weight is 642 g/mol. The van der Waals surface area contributed by atoms with Crippen molar-refractivity contribution in [3.63, 3.8) is 0 Å². The molecule has 0 fully saturated rings. The van der Waals surface area contributed by atoms with Crippen LogP contribution in [-0.4, -0.2) is 45.5 Å². The lowest BCUT2D eigenvalue weighted by atomic mass is 9.80. The second-order valence-corrected chi connectivity index (χ2v) is 11.5. The molecule has 4 aromatic rings. The zero-order valence-electron chi connectivity index (χ0n) is 23.5. The van der Waals surface area contributed by atoms with E-state index in [1.807, 2.05) is 30.3 Å². The number of nitrogens with one attached hydrogen (secondary N) is 2. The molecule has 3 atom stereocenters. The Balaban J connectivity index is 1.71. The molecule has 2 heterocycles. The minimum Gasteiger partial charge on any atom is -0.338 e. The van der Waals surface area contributed by atoms with Crippen LogP contribution < -0.4 is 15.5 Å². The van der Waals surface area contributed by atoms with Gasteiger partial charge >= 0.3 is 6.18 Å². The largest absolute Gasteiger partial charge is 0.416 e. The van der Waals surface area contributed by atoms with E-state index >= 15 is 0 Å². The average Bonchev–Trinajstić information content (AvgIpc) is 3.45. The van der Waals surface area contributed by atoms with E-state index in [-0.39, 0.29) is 17.8 Å². The summed E-state index contributed by atoms with van der Waals surface area (Å²) >= 11 is 11.1. The first-order chi connectivity index (χ1) is 20.9. The number of aromatic nitrogens is 2. The van der Waals surface area contributed by atoms with E-state index in [2.05, 4.69) is 15.7 Å². The monoisotopic (exact) mass is 641 g/mol. The fourth-order valence-corrected chi connectivity index (χ4v) is 5.79. The molecule has 3 amide bonds. The number of carbonyl (C=O) groups excluding carboxylic acids is 3. The van der Waals surface area contributed by atoms with Gasteiger partial charge in [-0.25, -0.2) is 4.68 Å². The van der Waals surface area contributed by atoms with Gasteiger partial charge in [0.25, 0.3) is 11.8 Å². The first-order valence-electron chi connectivity index (χ1n) is 13.6. The molecule has 0 radical (unpaired) electrons. The lowest BCUT2D eigenvalue weighted by Crippen LogP contribution is -2.61. The standard InChI is InChI=1S/C31H27ClF3N5O3S/c1-3-39-28-23(17-36-40(28)21-12-5-4-6-13-21)30(44,22-14-7-8-15-24(22)37-26(41)18(2)32)25(29(39)43)38-27(42)19-10-9-11-20(16-19)31(33,34)35/h4-18,25,44H,3H2,1-2H3,(H,37,41)(H,38,42)/t18-,25+,30+/m1/s1. The maximum absolute atomic E-state index is 14.4. The normalized spacial score (nSPS) is 18.8. The van der Waals surface area contributed by atoms with Gasteiger partial charge in [-0.15, -0.1) is 11.6 Å². The Hall–Kier alpha value is -4.29. The third-order valence-corrected chi connectivity index (χ3v) is 8.28. The van der Waals surface area contributed by atoms with E-state index in [1.54, 1.807) is 35.9 Å². The molecule has 8 nitrogen and oxygen atoms in total. The minimum atomic E-state index is -4.68. The number of likely N-dealkylation sites (N-methyl/N-ethyl adjacent to an activating group) is 1. The summed E-state index contributed by atoms with van der Waals surface area (Å²) in [6.45, 7) is 3.42. The Labute approximate surface area is 261 Å². The zero-order chi connectivity index (χ0) is 31.8. The number of rotatable bonds is 7. The van der Waals surface area contributed by atoms with E-state index in [1.165, 1.54) is 24.1 Å². The van der Waals surface area contributed by atoms with Crippen molar-refractivity contribution in [2.24, 2.45) is 0 Å². The predicted octanol–water partition coefficient (Wildman–Crippen LogP) is 5.80. The minimum absolute atomic E-state index is 0.173. The van der Waals surface area contributed by atoms with Crippen LogP contribution in [0.4, 0.5) is 24.7 Å². The van der Waals surface area contributed by atoms with E-state index < -0.39 is 45.6 Å². The maximum atomic E-state index is 14.4. The fourth-order valence-electron chi connectivity index (χ4n) is 5.20. The topological polar surface area (TPSA) is 96.3 Å². The lowest BCUT2D eigenvalue weighted by Gasteiger charge is -2.44. The van der Waals surface area contributed by atoms with Crippen LogP contribution in [0, 0.1) is 0 Å². The van der Waals surface area contributed by atoms with Crippen molar-refractivity contribution in [3.8, 4) is 5.69 Å². The first-order valence-corrected chi connectivity index (χ1v) is 14.5. The van der Waals surface area contributed by atoms with Crippen LogP contribution >= 0.6 is 24.2 Å². The summed E-state index contributed by atoms with van der Waals surface area (Å²) in [5, 5.41) is 9.11. The van der Waals surface area contributed by atoms with Crippen LogP contribution in [0.1, 0.15) is 40.9 Å². The SMILES string of the molecule is CCN1C(=O)[C@H](NC(=O)c2cccc(C(F)(F)F)c2)[C@](S)(c2ccccc2NC(=O)[C@@H](C)Cl)c2cnn(-c3ccccc3)c21. The van der Waals surface area contributed by atoms with Gasteiger partial charge in [-0.3, -0.25) is 19.3 Å². The molecule has 0 saturated heterocycles. The Morgan fingerprint density at radius 1 is 1.05 bits per heavy atom. The highest BCUT2D eigenvalue weighted by atomic mass is 35.5. The molecule has 0 bridgehead atoms. The van der Waals surface area contributed by atoms with Gasteiger partial charge in [0.15, 0.2) is 0 Å². The highest BCUT2D eigenvalue weighted by Gasteiger charge is 2.54. The maximum Gasteiger partial charge on any atom is 0.416 e. The number of halogens is 4. The summed E-state index contributed by atoms with van der Waals surface area (Å²) in [5.74, 6) is -1.63. The fraction of sp³-hybridized carbons (Fsp3) is 0.226. The van der Waals surface area contributed by atoms with Gasteiger partial charge in [0.1, 0.15) is 17.2 Å². The molecule has 0 aliphatic carbocycles. The van der Waals surface area contributed by atoms with Crippen LogP contribution in [0.2, 0.25) is 0 Å². The van der Waals surface area contributed by atoms with Crippen molar-refractivity contribution in [2.75, 3.05) is 16.8 Å². The molecular weight excluding hydrogens is 615 g/mol. The van der Waals surface area contributed by atoms with Crippen molar-refractivity contribution >= 4 is 53.5 Å². The van der Waals surface area contributed by atoms with Gasteiger partial charge in [0.05, 0.1) is 22.2 Å². The molecule has 0 spiro atoms. The van der Waals surface area contributed by atoms with Crippen molar-refractivity contribution < 1.29 is 27.6 Å². The first kappa shape index (κ1) is 31.1. The quantitative estimate of drug-likeness (QED) is 0.176. The number of hydrogen-bond acceptors (Lipinski definition) is 5. The van der Waals surface area contributed by atoms with Crippen LogP contribution in [0.15, 0.2) is 85.1 Å². The smallest absolute Gasteiger partial charge is 0.338 e. The Morgan fingerprint density at radius 3 is 2.39 bits per heavy atom. The van der Waals surface area contributed by atoms with E-state index in [0.717, 1.165) is 18.2 Å². The van der Waals surface area contributed by atoms with Gasteiger partial charge in [0.2, 0.25) is 5.91 Å². The molecule has 228 valence electrons. The molecular formula is C31H27ClF3N5O3S. The number of hydrogen-bond donors (Lipinski definition) is 3. The third-order valence-electron chi connectivity index (χ3n) is 7.34. The predicted molar refractivity (Wildman–Crippen MR) is 164 cm³/mol. The highest BCUT2D eigenvalue weighted by Crippen LogP contribution is 2.50. The van der Waals surface area contributed by atoms with Gasteiger partial charge in [-0.05, 0) is 55.8 Å². The molecule has 3 aromatic carbocycles. The van der Waals surface area contributed by atoms with Crippen LogP contribution in [-0.2, 0) is 20.5 Å². The lowest BCUT2D eigenvalue weighted by molar-refractivity contribution is -0.137. The number of thiol groups is 1. The summed E-state index contributed by atoms with van der Waals surface area (Å²) in [6, 6.07) is 18.1. The van der Waals surface area contributed by atoms with Crippen molar-refractivity contribution in [1.29, 1.82) is 0 Å². The highest BCUT2D eigenvalue weighted by molar-refractivity contribution is 7.81. The second kappa shape index (κ2) is 12.0. The Kier molecular flexibility index (Phi) is 8.50. The van der Waals surface area contributed by atoms with Crippen molar-refractivity contribution in [3.05, 3.63) is 107 Å². The van der Waals surface area contributed by atoms with Gasteiger partial charge in [0, 0.05) is 23.4 Å². The molecule has 0 unspecified atom stereocenters. The third kappa shape index (κ3) is 5.55. The second-order valence-electron chi connectivity index (χ2n) is 10.1. The molecule has 13 heteroatoms. The molecule has 5 rings (SSSR count). The van der Waals surface area contributed by atoms with Crippen molar-refractivity contribution in [1.82, 2.24) is 15.1 Å². The van der Waals surface area contributed by atoms with E-state index in [9.17, 15) is 27.6 Å². The summed E-state index contributed by atoms with van der Waals surface area (Å²) < 4.78 is 40.3. The van der Waals surface area contributed by atoms with E-state index in [0.29, 0.717) is 22.6 Å². The molecule has 1 aromatic heterocycles. The molecule has 2 N–H and O–H groups in total. The van der Waals surface area contributed by atoms with Crippen LogP contribution in [0.25, 0.3) is 5.69 Å². The number of carbonyl (C=O) groups is 3. The van der Waals surface area contributed by atoms with E-state index in [4.69, 9.17) is 24.2 Å². The van der Waals surface area contributed by atoms with Gasteiger partial charge in [-0.2, -0.15) is 30.9 Å². The number of benzene rings is 3. The van der Waals surface area contributed by atoms with Gasteiger partial charge < -0.3 is 10.6 Å². The number of para-hydroxylation sites is 2. The van der Waals surface area contributed by atoms with Gasteiger partial charge in [-0.1, -0.05) is 42.5 Å². The summed E-state index contributed by atoms with van der Waals surface area (Å²) in [4.78, 5) is 42.0. The number of anilines is 2. The van der Waals surface area contributed by atoms with Crippen LogP contribution in [0.5, 0.6) is 0 Å². The molecule has 1 aliphatic rings. The summed E-state index contributed by atoms with van der Waals surface area (Å²) in [5.41, 5.74) is 0.369.